The summed E-state index contributed by atoms with van der Waals surface area (Å²) in [6.45, 7) is 5.88. The predicted octanol–water partition coefficient (Wildman–Crippen LogP) is 2.42. The minimum atomic E-state index is -0.492. The zero-order valence-corrected chi connectivity index (χ0v) is 11.3. The first-order valence-corrected chi connectivity index (χ1v) is 6.07. The molecule has 0 heterocycles. The average molecular weight is 266 g/mol. The Bertz CT molecular complexity index is 250. The lowest BCUT2D eigenvalue weighted by molar-refractivity contribution is -0.141. The van der Waals surface area contributed by atoms with Gasteiger partial charge in [0.2, 0.25) is 0 Å². The molecule has 0 rings (SSSR count). The highest BCUT2D eigenvalue weighted by atomic mass is 35.5. The largest absolute Gasteiger partial charge is 0.449 e. The highest BCUT2D eigenvalue weighted by Gasteiger charge is 2.15. The van der Waals surface area contributed by atoms with Crippen LogP contribution in [0.1, 0.15) is 40.0 Å². The van der Waals surface area contributed by atoms with Crippen molar-refractivity contribution in [3.8, 4) is 0 Å². The molecule has 0 aromatic carbocycles. The number of nitrogens with one attached hydrogen (secondary N) is 1. The molecule has 0 spiro atoms. The van der Waals surface area contributed by atoms with E-state index < -0.39 is 11.7 Å². The minimum absolute atomic E-state index is 0.116. The van der Waals surface area contributed by atoms with Crippen LogP contribution < -0.4 is 5.32 Å². The molecular formula is C11H20ClNO4. The summed E-state index contributed by atoms with van der Waals surface area (Å²) >= 11 is 5.22. The second kappa shape index (κ2) is 8.17. The summed E-state index contributed by atoms with van der Waals surface area (Å²) < 4.78 is 9.59. The van der Waals surface area contributed by atoms with Crippen LogP contribution >= 0.6 is 11.6 Å². The number of hydrogen-bond acceptors (Lipinski definition) is 4. The number of rotatable bonds is 6. The van der Waals surface area contributed by atoms with Gasteiger partial charge in [-0.2, -0.15) is 0 Å². The van der Waals surface area contributed by atoms with Crippen LogP contribution in [0.15, 0.2) is 0 Å². The lowest BCUT2D eigenvalue weighted by Crippen LogP contribution is -2.33. The number of alkyl carbamates (subject to hydrolysis) is 1. The summed E-state index contributed by atoms with van der Waals surface area (Å²) in [5.74, 6) is -0.322. The lowest BCUT2D eigenvalue weighted by Gasteiger charge is -2.19. The number of carbonyl (C=O) groups is 2. The normalized spacial score (nSPS) is 10.8. The van der Waals surface area contributed by atoms with Crippen LogP contribution in [-0.4, -0.2) is 30.3 Å². The number of esters is 1. The van der Waals surface area contributed by atoms with Crippen LogP contribution in [-0.2, 0) is 14.3 Å². The molecule has 1 N–H and O–H groups in total. The van der Waals surface area contributed by atoms with E-state index in [9.17, 15) is 9.59 Å². The van der Waals surface area contributed by atoms with Gasteiger partial charge in [-0.1, -0.05) is 11.6 Å². The van der Waals surface area contributed by atoms with E-state index in [1.54, 1.807) is 20.8 Å². The van der Waals surface area contributed by atoms with Crippen molar-refractivity contribution in [2.75, 3.05) is 12.6 Å². The second-order valence-electron chi connectivity index (χ2n) is 4.51. The maximum Gasteiger partial charge on any atom is 0.407 e. The topological polar surface area (TPSA) is 64.6 Å². The monoisotopic (exact) mass is 265 g/mol. The van der Waals surface area contributed by atoms with Gasteiger partial charge in [-0.25, -0.2) is 4.79 Å². The highest BCUT2D eigenvalue weighted by Crippen LogP contribution is 2.06. The van der Waals surface area contributed by atoms with Crippen LogP contribution in [0.3, 0.4) is 0 Å². The molecular weight excluding hydrogens is 246 g/mol. The van der Waals surface area contributed by atoms with Gasteiger partial charge >= 0.3 is 12.1 Å². The molecule has 0 aliphatic rings. The number of ether oxygens (including phenoxy) is 2. The third kappa shape index (κ3) is 11.3. The molecule has 17 heavy (non-hydrogen) atoms. The second-order valence-corrected chi connectivity index (χ2v) is 4.73. The molecule has 0 aliphatic heterocycles. The van der Waals surface area contributed by atoms with Crippen LogP contribution in [0.2, 0.25) is 0 Å². The average Bonchev–Trinajstić information content (AvgIpc) is 2.14. The number of hydrogen-bond donors (Lipinski definition) is 1. The smallest absolute Gasteiger partial charge is 0.407 e. The van der Waals surface area contributed by atoms with Crippen molar-refractivity contribution >= 4 is 23.7 Å². The van der Waals surface area contributed by atoms with E-state index in [-0.39, 0.29) is 12.0 Å². The summed E-state index contributed by atoms with van der Waals surface area (Å²) in [4.78, 5) is 22.1. The van der Waals surface area contributed by atoms with Crippen molar-refractivity contribution in [3.05, 3.63) is 0 Å². The fourth-order valence-corrected chi connectivity index (χ4v) is 1.15. The van der Waals surface area contributed by atoms with Gasteiger partial charge in [0, 0.05) is 13.0 Å². The van der Waals surface area contributed by atoms with Gasteiger partial charge in [0.15, 0.2) is 6.07 Å². The molecule has 0 aromatic rings. The molecule has 0 radical (unpaired) electrons. The van der Waals surface area contributed by atoms with Gasteiger partial charge in [0.25, 0.3) is 0 Å². The van der Waals surface area contributed by atoms with Gasteiger partial charge in [-0.15, -0.1) is 0 Å². The fourth-order valence-electron chi connectivity index (χ4n) is 1.03. The number of amides is 1. The van der Waals surface area contributed by atoms with Crippen LogP contribution in [0.25, 0.3) is 0 Å². The first-order chi connectivity index (χ1) is 7.85. The van der Waals surface area contributed by atoms with Crippen molar-refractivity contribution in [2.24, 2.45) is 0 Å². The van der Waals surface area contributed by atoms with E-state index in [1.165, 1.54) is 0 Å². The molecule has 5 nitrogen and oxygen atoms in total. The number of unbranched alkanes of at least 4 members (excludes halogenated alkanes) is 1. The lowest BCUT2D eigenvalue weighted by atomic mass is 10.2. The van der Waals surface area contributed by atoms with E-state index in [1.807, 2.05) is 0 Å². The zero-order valence-electron chi connectivity index (χ0n) is 10.5. The Labute approximate surface area is 107 Å². The SMILES string of the molecule is CC(C)(C)OC(=O)NCCCCC(=O)OCCl. The van der Waals surface area contributed by atoms with Crippen LogP contribution in [0, 0.1) is 0 Å². The molecule has 0 bridgehead atoms. The van der Waals surface area contributed by atoms with E-state index in [0.29, 0.717) is 25.8 Å². The third-order valence-electron chi connectivity index (χ3n) is 1.69. The van der Waals surface area contributed by atoms with Gasteiger partial charge < -0.3 is 14.8 Å². The van der Waals surface area contributed by atoms with E-state index in [4.69, 9.17) is 16.3 Å². The Hall–Kier alpha value is -0.970. The molecule has 0 fully saturated rings. The third-order valence-corrected chi connectivity index (χ3v) is 1.80. The molecule has 0 atom stereocenters. The van der Waals surface area contributed by atoms with Gasteiger partial charge in [-0.05, 0) is 33.6 Å². The summed E-state index contributed by atoms with van der Waals surface area (Å²) in [7, 11) is 0. The first-order valence-electron chi connectivity index (χ1n) is 5.53. The molecule has 0 saturated heterocycles. The van der Waals surface area contributed by atoms with Crippen molar-refractivity contribution in [2.45, 2.75) is 45.6 Å². The zero-order chi connectivity index (χ0) is 13.3. The Morgan fingerprint density at radius 1 is 1.24 bits per heavy atom. The minimum Gasteiger partial charge on any atom is -0.449 e. The van der Waals surface area contributed by atoms with E-state index in [0.717, 1.165) is 0 Å². The molecule has 100 valence electrons. The van der Waals surface area contributed by atoms with Gasteiger partial charge in [0.05, 0.1) is 0 Å². The Balaban J connectivity index is 3.46. The van der Waals surface area contributed by atoms with Crippen molar-refractivity contribution in [1.82, 2.24) is 5.32 Å². The summed E-state index contributed by atoms with van der Waals surface area (Å²) in [6.07, 6.45) is 1.20. The fraction of sp³-hybridized carbons (Fsp3) is 0.818. The molecule has 6 heteroatoms. The Morgan fingerprint density at radius 2 is 1.88 bits per heavy atom. The van der Waals surface area contributed by atoms with E-state index in [2.05, 4.69) is 10.1 Å². The predicted molar refractivity (Wildman–Crippen MR) is 64.9 cm³/mol. The molecule has 0 saturated carbocycles. The number of alkyl halides is 1. The molecule has 0 aromatic heterocycles. The molecule has 1 amide bonds. The quantitative estimate of drug-likeness (QED) is 0.455. The summed E-state index contributed by atoms with van der Waals surface area (Å²) in [5.41, 5.74) is -0.492. The highest BCUT2D eigenvalue weighted by molar-refractivity contribution is 6.17. The summed E-state index contributed by atoms with van der Waals surface area (Å²) in [6, 6.07) is -0.116. The summed E-state index contributed by atoms with van der Waals surface area (Å²) in [5, 5.41) is 2.61. The van der Waals surface area contributed by atoms with Gasteiger partial charge in [0.1, 0.15) is 5.60 Å². The van der Waals surface area contributed by atoms with Gasteiger partial charge in [-0.3, -0.25) is 4.79 Å². The first kappa shape index (κ1) is 16.0. The maximum absolute atomic E-state index is 11.2. The Morgan fingerprint density at radius 3 is 2.41 bits per heavy atom. The van der Waals surface area contributed by atoms with Crippen LogP contribution in [0.5, 0.6) is 0 Å². The van der Waals surface area contributed by atoms with Crippen LogP contribution in [0.4, 0.5) is 4.79 Å². The van der Waals surface area contributed by atoms with Crippen molar-refractivity contribution in [1.29, 1.82) is 0 Å². The number of halogens is 1. The number of carbonyl (C=O) groups excluding carboxylic acids is 2. The Kier molecular flexibility index (Phi) is 7.70. The van der Waals surface area contributed by atoms with E-state index >= 15 is 0 Å². The maximum atomic E-state index is 11.2. The van der Waals surface area contributed by atoms with Crippen molar-refractivity contribution in [3.63, 3.8) is 0 Å². The van der Waals surface area contributed by atoms with Crippen molar-refractivity contribution < 1.29 is 19.1 Å². The standard InChI is InChI=1S/C11H20ClNO4/c1-11(2,3)17-10(15)13-7-5-4-6-9(14)16-8-12/h4-8H2,1-3H3,(H,13,15). The molecule has 0 aliphatic carbocycles. The molecule has 0 unspecified atom stereocenters.